The Hall–Kier alpha value is -3.59. The Kier molecular flexibility index (Phi) is 5.66. The molecule has 9 heteroatoms. The Labute approximate surface area is 155 Å². The summed E-state index contributed by atoms with van der Waals surface area (Å²) in [5.41, 5.74) is 28.8. The number of benzene rings is 2. The molecule has 27 heavy (non-hydrogen) atoms. The van der Waals surface area contributed by atoms with Crippen molar-refractivity contribution in [2.45, 2.75) is 18.9 Å². The van der Waals surface area contributed by atoms with Gasteiger partial charge in [-0.25, -0.2) is 4.79 Å². The summed E-state index contributed by atoms with van der Waals surface area (Å²) < 4.78 is 0. The van der Waals surface area contributed by atoms with Crippen LogP contribution in [0.2, 0.25) is 0 Å². The normalized spacial score (nSPS) is 11.7. The lowest BCUT2D eigenvalue weighted by molar-refractivity contribution is 0.0692. The van der Waals surface area contributed by atoms with E-state index in [0.717, 1.165) is 0 Å². The second-order valence-electron chi connectivity index (χ2n) is 6.08. The van der Waals surface area contributed by atoms with Crippen LogP contribution in [0.15, 0.2) is 30.3 Å². The molecule has 0 bridgehead atoms. The molecule has 11 N–H and O–H groups in total. The Balaban J connectivity index is 2.20. The molecule has 0 aromatic heterocycles. The summed E-state index contributed by atoms with van der Waals surface area (Å²) in [6.45, 7) is 0. The van der Waals surface area contributed by atoms with Crippen LogP contribution in [0, 0.1) is 0 Å². The third kappa shape index (κ3) is 4.15. The Morgan fingerprint density at radius 2 is 1.44 bits per heavy atom. The van der Waals surface area contributed by atoms with Gasteiger partial charge in [0.15, 0.2) is 11.6 Å². The van der Waals surface area contributed by atoms with Crippen LogP contribution >= 0.6 is 0 Å². The molecule has 2 aromatic rings. The van der Waals surface area contributed by atoms with E-state index in [1.807, 2.05) is 0 Å². The quantitative estimate of drug-likeness (QED) is 0.302. The number of carboxylic acid groups (broad SMARTS) is 1. The van der Waals surface area contributed by atoms with Crippen LogP contribution in [-0.2, 0) is 0 Å². The highest BCUT2D eigenvalue weighted by molar-refractivity contribution is 6.14. The van der Waals surface area contributed by atoms with Gasteiger partial charge in [-0.2, -0.15) is 0 Å². The SMILES string of the molecule is Nc1ccc(N)c(C(=O)CCC(N)C(=O)c2c(N)ccc(N)c2C(=O)O)c1. The number of nitrogens with two attached hydrogens (primary N) is 5. The number of aromatic carboxylic acids is 1. The van der Waals surface area contributed by atoms with Gasteiger partial charge in [-0.1, -0.05) is 0 Å². The van der Waals surface area contributed by atoms with Crippen molar-refractivity contribution >= 4 is 40.3 Å². The maximum atomic E-state index is 12.6. The molecular weight excluding hydrogens is 350 g/mol. The summed E-state index contributed by atoms with van der Waals surface area (Å²) >= 11 is 0. The van der Waals surface area contributed by atoms with Gasteiger partial charge in [-0.15, -0.1) is 0 Å². The second kappa shape index (κ2) is 7.75. The van der Waals surface area contributed by atoms with Crippen molar-refractivity contribution in [1.82, 2.24) is 0 Å². The zero-order chi connectivity index (χ0) is 20.3. The topological polar surface area (TPSA) is 202 Å². The number of anilines is 4. The number of Topliss-reactive ketones (excluding diaryl/α,β-unsaturated/α-hetero) is 2. The van der Waals surface area contributed by atoms with Gasteiger partial charge in [0.1, 0.15) is 0 Å². The van der Waals surface area contributed by atoms with Crippen molar-refractivity contribution in [1.29, 1.82) is 0 Å². The predicted octanol–water partition coefficient (Wildman–Crippen LogP) is 0.887. The van der Waals surface area contributed by atoms with E-state index in [2.05, 4.69) is 0 Å². The number of nitrogen functional groups attached to an aromatic ring is 4. The summed E-state index contributed by atoms with van der Waals surface area (Å²) in [5, 5.41) is 9.32. The largest absolute Gasteiger partial charge is 0.478 e. The minimum atomic E-state index is -1.39. The van der Waals surface area contributed by atoms with Crippen LogP contribution in [-0.4, -0.2) is 28.7 Å². The fourth-order valence-electron chi connectivity index (χ4n) is 2.68. The Morgan fingerprint density at radius 3 is 2.04 bits per heavy atom. The summed E-state index contributed by atoms with van der Waals surface area (Å²) in [6, 6.07) is 6.02. The van der Waals surface area contributed by atoms with Crippen molar-refractivity contribution in [3.05, 3.63) is 47.0 Å². The molecule has 2 rings (SSSR count). The van der Waals surface area contributed by atoms with Gasteiger partial charge in [0.25, 0.3) is 0 Å². The van der Waals surface area contributed by atoms with Gasteiger partial charge in [0.2, 0.25) is 0 Å². The minimum Gasteiger partial charge on any atom is -0.478 e. The first-order chi connectivity index (χ1) is 12.6. The lowest BCUT2D eigenvalue weighted by Gasteiger charge is -2.15. The first kappa shape index (κ1) is 19.7. The molecule has 0 aliphatic carbocycles. The van der Waals surface area contributed by atoms with Crippen molar-refractivity contribution < 1.29 is 19.5 Å². The van der Waals surface area contributed by atoms with E-state index in [1.165, 1.54) is 24.3 Å². The minimum absolute atomic E-state index is 0.0286. The Bertz CT molecular complexity index is 926. The molecule has 0 spiro atoms. The summed E-state index contributed by atoms with van der Waals surface area (Å²) in [7, 11) is 0. The van der Waals surface area contributed by atoms with Gasteiger partial charge in [-0.05, 0) is 36.8 Å². The second-order valence-corrected chi connectivity index (χ2v) is 6.08. The molecule has 0 amide bonds. The van der Waals surface area contributed by atoms with E-state index in [-0.39, 0.29) is 46.8 Å². The lowest BCUT2D eigenvalue weighted by Crippen LogP contribution is -2.33. The number of carbonyl (C=O) groups excluding carboxylic acids is 2. The molecular formula is C18H21N5O4. The maximum Gasteiger partial charge on any atom is 0.338 e. The first-order valence-corrected chi connectivity index (χ1v) is 8.02. The van der Waals surface area contributed by atoms with Gasteiger partial charge in [0, 0.05) is 34.7 Å². The zero-order valence-corrected chi connectivity index (χ0v) is 14.4. The van der Waals surface area contributed by atoms with Gasteiger partial charge in [0.05, 0.1) is 17.2 Å². The molecule has 9 nitrogen and oxygen atoms in total. The number of hydrogen-bond donors (Lipinski definition) is 6. The van der Waals surface area contributed by atoms with E-state index in [1.54, 1.807) is 6.07 Å². The molecule has 0 radical (unpaired) electrons. The fourth-order valence-corrected chi connectivity index (χ4v) is 2.68. The van der Waals surface area contributed by atoms with Crippen LogP contribution in [0.4, 0.5) is 22.7 Å². The summed E-state index contributed by atoms with van der Waals surface area (Å²) in [6.07, 6.45) is -0.107. The van der Waals surface area contributed by atoms with Gasteiger partial charge >= 0.3 is 5.97 Å². The summed E-state index contributed by atoms with van der Waals surface area (Å²) in [5.74, 6) is -2.42. The van der Waals surface area contributed by atoms with Crippen LogP contribution in [0.25, 0.3) is 0 Å². The molecule has 0 fully saturated rings. The third-order valence-corrected chi connectivity index (χ3v) is 4.13. The van der Waals surface area contributed by atoms with Crippen molar-refractivity contribution in [2.24, 2.45) is 5.73 Å². The van der Waals surface area contributed by atoms with Crippen LogP contribution in [0.3, 0.4) is 0 Å². The fraction of sp³-hybridized carbons (Fsp3) is 0.167. The average molecular weight is 371 g/mol. The summed E-state index contributed by atoms with van der Waals surface area (Å²) in [4.78, 5) is 36.4. The van der Waals surface area contributed by atoms with Crippen molar-refractivity contribution in [3.8, 4) is 0 Å². The zero-order valence-electron chi connectivity index (χ0n) is 14.4. The lowest BCUT2D eigenvalue weighted by atomic mass is 9.92. The highest BCUT2D eigenvalue weighted by Crippen LogP contribution is 2.26. The molecule has 0 heterocycles. The van der Waals surface area contributed by atoms with E-state index >= 15 is 0 Å². The highest BCUT2D eigenvalue weighted by atomic mass is 16.4. The molecule has 0 saturated carbocycles. The number of carboxylic acids is 1. The van der Waals surface area contributed by atoms with Crippen LogP contribution in [0.1, 0.15) is 43.9 Å². The van der Waals surface area contributed by atoms with Crippen molar-refractivity contribution in [3.63, 3.8) is 0 Å². The van der Waals surface area contributed by atoms with Crippen LogP contribution in [0.5, 0.6) is 0 Å². The number of carbonyl (C=O) groups is 3. The molecule has 1 atom stereocenters. The number of hydrogen-bond acceptors (Lipinski definition) is 8. The van der Waals surface area contributed by atoms with Crippen molar-refractivity contribution in [2.75, 3.05) is 22.9 Å². The van der Waals surface area contributed by atoms with Gasteiger partial charge in [-0.3, -0.25) is 9.59 Å². The maximum absolute atomic E-state index is 12.6. The predicted molar refractivity (Wildman–Crippen MR) is 103 cm³/mol. The first-order valence-electron chi connectivity index (χ1n) is 8.02. The van der Waals surface area contributed by atoms with E-state index < -0.39 is 23.4 Å². The Morgan fingerprint density at radius 1 is 0.889 bits per heavy atom. The average Bonchev–Trinajstić information content (AvgIpc) is 2.62. The highest BCUT2D eigenvalue weighted by Gasteiger charge is 2.27. The number of ketones is 2. The van der Waals surface area contributed by atoms with Crippen LogP contribution < -0.4 is 28.7 Å². The van der Waals surface area contributed by atoms with Gasteiger partial charge < -0.3 is 33.8 Å². The molecule has 0 saturated heterocycles. The molecule has 142 valence electrons. The third-order valence-electron chi connectivity index (χ3n) is 4.13. The molecule has 0 aliphatic heterocycles. The molecule has 0 aliphatic rings. The van der Waals surface area contributed by atoms with E-state index in [4.69, 9.17) is 28.7 Å². The van der Waals surface area contributed by atoms with E-state index in [0.29, 0.717) is 5.69 Å². The molecule has 1 unspecified atom stereocenters. The monoisotopic (exact) mass is 371 g/mol. The smallest absolute Gasteiger partial charge is 0.338 e. The number of rotatable bonds is 7. The standard InChI is InChI=1S/C18H21N5O4/c19-8-1-2-10(20)9(7-8)14(24)6-5-13(23)17(25)15-11(21)3-4-12(22)16(15)18(26)27/h1-4,7,13H,5-6,19-23H2,(H,26,27). The van der Waals surface area contributed by atoms with E-state index in [9.17, 15) is 19.5 Å². The molecule has 2 aromatic carbocycles.